The summed E-state index contributed by atoms with van der Waals surface area (Å²) in [6, 6.07) is 11.1. The third kappa shape index (κ3) is 2.17. The van der Waals surface area contributed by atoms with E-state index in [-0.39, 0.29) is 5.75 Å². The number of fused-ring (bicyclic) bond motifs is 1. The molecule has 0 aliphatic heterocycles. The number of imidazole rings is 1. The van der Waals surface area contributed by atoms with Gasteiger partial charge in [0.15, 0.2) is 0 Å². The highest BCUT2D eigenvalue weighted by Gasteiger charge is 2.29. The molecule has 0 spiro atoms. The van der Waals surface area contributed by atoms with Gasteiger partial charge in [-0.1, -0.05) is 23.2 Å². The summed E-state index contributed by atoms with van der Waals surface area (Å²) < 4.78 is 2.16. The SMILES string of the molecule is Oc1ccc(Cl)cc1-c1nc2ccc(Cl)cc2n1C1CC1. The summed E-state index contributed by atoms with van der Waals surface area (Å²) in [5.41, 5.74) is 2.53. The van der Waals surface area contributed by atoms with Crippen molar-refractivity contribution in [2.24, 2.45) is 0 Å². The number of hydrogen-bond donors (Lipinski definition) is 1. The summed E-state index contributed by atoms with van der Waals surface area (Å²) in [7, 11) is 0. The van der Waals surface area contributed by atoms with E-state index in [0.29, 0.717) is 21.7 Å². The Kier molecular flexibility index (Phi) is 2.88. The standard InChI is InChI=1S/C16H12Cl2N2O/c17-9-2-6-15(21)12(7-9)16-19-13-5-1-10(18)8-14(13)20(16)11-3-4-11/h1-2,5-8,11,21H,3-4H2. The lowest BCUT2D eigenvalue weighted by Gasteiger charge is -2.09. The van der Waals surface area contributed by atoms with Crippen molar-refractivity contribution >= 4 is 34.2 Å². The Morgan fingerprint density at radius 3 is 2.52 bits per heavy atom. The van der Waals surface area contributed by atoms with Gasteiger partial charge in [-0.15, -0.1) is 0 Å². The van der Waals surface area contributed by atoms with E-state index in [2.05, 4.69) is 9.55 Å². The molecule has 2 aromatic carbocycles. The van der Waals surface area contributed by atoms with Gasteiger partial charge in [0.1, 0.15) is 11.6 Å². The van der Waals surface area contributed by atoms with E-state index in [0.717, 1.165) is 29.7 Å². The molecular formula is C16H12Cl2N2O. The molecule has 1 fully saturated rings. The van der Waals surface area contributed by atoms with Crippen LogP contribution in [-0.2, 0) is 0 Å². The molecule has 1 heterocycles. The molecule has 1 aliphatic carbocycles. The number of hydrogen-bond acceptors (Lipinski definition) is 2. The van der Waals surface area contributed by atoms with Crippen LogP contribution in [0.1, 0.15) is 18.9 Å². The zero-order chi connectivity index (χ0) is 14.6. The van der Waals surface area contributed by atoms with Crippen LogP contribution in [0.3, 0.4) is 0 Å². The Balaban J connectivity index is 2.04. The molecule has 21 heavy (non-hydrogen) atoms. The van der Waals surface area contributed by atoms with Gasteiger partial charge in [-0.05, 0) is 49.2 Å². The highest BCUT2D eigenvalue weighted by Crippen LogP contribution is 2.43. The number of benzene rings is 2. The minimum absolute atomic E-state index is 0.183. The zero-order valence-corrected chi connectivity index (χ0v) is 12.6. The third-order valence-electron chi connectivity index (χ3n) is 3.76. The first-order chi connectivity index (χ1) is 10.1. The first-order valence-corrected chi connectivity index (χ1v) is 7.55. The van der Waals surface area contributed by atoms with Crippen molar-refractivity contribution in [2.75, 3.05) is 0 Å². The van der Waals surface area contributed by atoms with Crippen molar-refractivity contribution in [2.45, 2.75) is 18.9 Å². The Hall–Kier alpha value is -1.71. The topological polar surface area (TPSA) is 38.1 Å². The van der Waals surface area contributed by atoms with Gasteiger partial charge in [-0.25, -0.2) is 4.98 Å². The molecular weight excluding hydrogens is 307 g/mol. The highest BCUT2D eigenvalue weighted by atomic mass is 35.5. The smallest absolute Gasteiger partial charge is 0.145 e. The van der Waals surface area contributed by atoms with Crippen molar-refractivity contribution < 1.29 is 5.11 Å². The molecule has 3 aromatic rings. The van der Waals surface area contributed by atoms with Crippen molar-refractivity contribution in [1.29, 1.82) is 0 Å². The lowest BCUT2D eigenvalue weighted by atomic mass is 10.2. The Bertz CT molecular complexity index is 853. The molecule has 4 rings (SSSR count). The number of rotatable bonds is 2. The summed E-state index contributed by atoms with van der Waals surface area (Å²) >= 11 is 12.2. The minimum Gasteiger partial charge on any atom is -0.507 e. The van der Waals surface area contributed by atoms with Crippen molar-refractivity contribution in [1.82, 2.24) is 9.55 Å². The maximum absolute atomic E-state index is 10.2. The lowest BCUT2D eigenvalue weighted by Crippen LogP contribution is -1.97. The average molecular weight is 319 g/mol. The van der Waals surface area contributed by atoms with Crippen LogP contribution in [0.25, 0.3) is 22.4 Å². The van der Waals surface area contributed by atoms with Gasteiger partial charge in [0.25, 0.3) is 0 Å². The molecule has 0 unspecified atom stereocenters. The molecule has 1 N–H and O–H groups in total. The monoisotopic (exact) mass is 318 g/mol. The molecule has 3 nitrogen and oxygen atoms in total. The van der Waals surface area contributed by atoms with E-state index in [1.165, 1.54) is 0 Å². The normalized spacial score (nSPS) is 14.8. The van der Waals surface area contributed by atoms with E-state index in [1.807, 2.05) is 18.2 Å². The molecule has 0 saturated heterocycles. The molecule has 0 amide bonds. The Labute approximate surface area is 131 Å². The molecule has 0 radical (unpaired) electrons. The number of phenols is 1. The van der Waals surface area contributed by atoms with E-state index < -0.39 is 0 Å². The van der Waals surface area contributed by atoms with Gasteiger partial charge in [0, 0.05) is 16.1 Å². The highest BCUT2D eigenvalue weighted by molar-refractivity contribution is 6.31. The fourth-order valence-electron chi connectivity index (χ4n) is 2.65. The second kappa shape index (κ2) is 4.65. The summed E-state index contributed by atoms with van der Waals surface area (Å²) in [4.78, 5) is 4.67. The number of aromatic nitrogens is 2. The molecule has 1 aliphatic rings. The Morgan fingerprint density at radius 2 is 1.76 bits per heavy atom. The fraction of sp³-hybridized carbons (Fsp3) is 0.188. The molecule has 0 atom stereocenters. The molecule has 0 bridgehead atoms. The molecule has 1 saturated carbocycles. The number of phenolic OH excluding ortho intramolecular Hbond substituents is 1. The van der Waals surface area contributed by atoms with E-state index in [9.17, 15) is 5.11 Å². The maximum atomic E-state index is 10.2. The van der Waals surface area contributed by atoms with Crippen LogP contribution in [0.2, 0.25) is 10.0 Å². The lowest BCUT2D eigenvalue weighted by molar-refractivity contribution is 0.476. The van der Waals surface area contributed by atoms with Gasteiger partial charge in [-0.3, -0.25) is 0 Å². The first-order valence-electron chi connectivity index (χ1n) is 6.80. The van der Waals surface area contributed by atoms with E-state index in [1.54, 1.807) is 18.2 Å². The van der Waals surface area contributed by atoms with Crippen LogP contribution >= 0.6 is 23.2 Å². The molecule has 1 aromatic heterocycles. The number of aromatic hydroxyl groups is 1. The minimum atomic E-state index is 0.183. The zero-order valence-electron chi connectivity index (χ0n) is 11.1. The summed E-state index contributed by atoms with van der Waals surface area (Å²) in [5, 5.41) is 11.4. The average Bonchev–Trinajstić information content (AvgIpc) is 3.22. The van der Waals surface area contributed by atoms with Crippen molar-refractivity contribution in [3.8, 4) is 17.1 Å². The van der Waals surface area contributed by atoms with E-state index >= 15 is 0 Å². The predicted octanol–water partition coefficient (Wildman–Crippen LogP) is 5.05. The summed E-state index contributed by atoms with van der Waals surface area (Å²) in [5.74, 6) is 0.928. The van der Waals surface area contributed by atoms with Gasteiger partial charge in [-0.2, -0.15) is 0 Å². The van der Waals surface area contributed by atoms with Crippen LogP contribution in [0.4, 0.5) is 0 Å². The van der Waals surface area contributed by atoms with Gasteiger partial charge >= 0.3 is 0 Å². The van der Waals surface area contributed by atoms with Crippen LogP contribution in [-0.4, -0.2) is 14.7 Å². The van der Waals surface area contributed by atoms with Crippen LogP contribution in [0.15, 0.2) is 36.4 Å². The third-order valence-corrected chi connectivity index (χ3v) is 4.23. The van der Waals surface area contributed by atoms with Gasteiger partial charge in [0.2, 0.25) is 0 Å². The van der Waals surface area contributed by atoms with Gasteiger partial charge in [0.05, 0.1) is 16.6 Å². The fourth-order valence-corrected chi connectivity index (χ4v) is 2.98. The number of halogens is 2. The second-order valence-corrected chi connectivity index (χ2v) is 6.20. The molecule has 5 heteroatoms. The molecule has 106 valence electrons. The predicted molar refractivity (Wildman–Crippen MR) is 85.1 cm³/mol. The summed E-state index contributed by atoms with van der Waals surface area (Å²) in [6.07, 6.45) is 2.23. The first kappa shape index (κ1) is 13.0. The maximum Gasteiger partial charge on any atom is 0.145 e. The Morgan fingerprint density at radius 1 is 1.05 bits per heavy atom. The van der Waals surface area contributed by atoms with Crippen LogP contribution in [0.5, 0.6) is 5.75 Å². The quantitative estimate of drug-likeness (QED) is 0.718. The second-order valence-electron chi connectivity index (χ2n) is 5.33. The summed E-state index contributed by atoms with van der Waals surface area (Å²) in [6.45, 7) is 0. The van der Waals surface area contributed by atoms with E-state index in [4.69, 9.17) is 23.2 Å². The van der Waals surface area contributed by atoms with Crippen LogP contribution < -0.4 is 0 Å². The van der Waals surface area contributed by atoms with Crippen molar-refractivity contribution in [3.63, 3.8) is 0 Å². The van der Waals surface area contributed by atoms with Gasteiger partial charge < -0.3 is 9.67 Å². The number of nitrogens with zero attached hydrogens (tertiary/aromatic N) is 2. The van der Waals surface area contributed by atoms with Crippen LogP contribution in [0, 0.1) is 0 Å². The van der Waals surface area contributed by atoms with Crippen molar-refractivity contribution in [3.05, 3.63) is 46.4 Å². The largest absolute Gasteiger partial charge is 0.507 e.